The Bertz CT molecular complexity index is 2220. The van der Waals surface area contributed by atoms with Crippen molar-refractivity contribution in [1.82, 2.24) is 15.1 Å². The van der Waals surface area contributed by atoms with Gasteiger partial charge in [0.2, 0.25) is 6.75 Å². The van der Waals surface area contributed by atoms with Gasteiger partial charge < -0.3 is 43.7 Å². The first kappa shape index (κ1) is 33.0. The first-order chi connectivity index (χ1) is 26.6. The average Bonchev–Trinajstić information content (AvgIpc) is 3.48. The largest absolute Gasteiger partial charge is 0.504 e. The van der Waals surface area contributed by atoms with Gasteiger partial charge >= 0.3 is 11.9 Å². The van der Waals surface area contributed by atoms with Crippen molar-refractivity contribution in [3.8, 4) is 40.2 Å². The molecule has 7 atom stereocenters. The molecule has 286 valence electrons. The van der Waals surface area contributed by atoms with Gasteiger partial charge in [-0.05, 0) is 68.1 Å². The number of carbonyl (C=O) groups excluding carboxylic acids is 2. The summed E-state index contributed by atoms with van der Waals surface area (Å²) in [4.78, 5) is 31.6. The van der Waals surface area contributed by atoms with Crippen LogP contribution in [0.15, 0.2) is 18.2 Å². The summed E-state index contributed by atoms with van der Waals surface area (Å²) in [7, 11) is 4.85. The molecule has 7 heterocycles. The minimum atomic E-state index is -2.58. The van der Waals surface area contributed by atoms with Crippen LogP contribution in [-0.4, -0.2) is 102 Å². The number of aryl methyl sites for hydroxylation is 1. The number of aromatic hydroxyl groups is 2. The number of esters is 2. The van der Waals surface area contributed by atoms with Crippen LogP contribution in [0.3, 0.4) is 0 Å². The predicted octanol–water partition coefficient (Wildman–Crippen LogP) is 3.41. The molecule has 4 bridgehead atoms. The maximum Gasteiger partial charge on any atom is 0.331 e. The summed E-state index contributed by atoms with van der Waals surface area (Å²) < 4.78 is 52.2. The normalized spacial score (nSPS) is 30.9. The predicted molar refractivity (Wildman–Crippen MR) is 195 cm³/mol. The van der Waals surface area contributed by atoms with E-state index in [4.69, 9.17) is 31.2 Å². The van der Waals surface area contributed by atoms with Crippen molar-refractivity contribution in [3.05, 3.63) is 62.7 Å². The molecule has 0 aliphatic carbocycles. The zero-order chi connectivity index (χ0) is 39.7. The third-order valence-corrected chi connectivity index (χ3v) is 13.6. The van der Waals surface area contributed by atoms with Gasteiger partial charge in [-0.1, -0.05) is 6.07 Å². The number of ether oxygens (including phenoxy) is 6. The van der Waals surface area contributed by atoms with Crippen LogP contribution in [0.25, 0.3) is 0 Å². The number of nitrogens with zero attached hydrogens (tertiary/aromatic N) is 2. The number of nitrogens with one attached hydrogen (secondary N) is 1. The van der Waals surface area contributed by atoms with E-state index in [2.05, 4.69) is 10.2 Å². The van der Waals surface area contributed by atoms with Crippen molar-refractivity contribution in [2.45, 2.75) is 74.8 Å². The molecule has 0 aromatic heterocycles. The Hall–Kier alpha value is -4.41. The summed E-state index contributed by atoms with van der Waals surface area (Å²) in [6.45, 7) is 2.30. The van der Waals surface area contributed by atoms with Gasteiger partial charge in [-0.25, -0.2) is 4.79 Å². The summed E-state index contributed by atoms with van der Waals surface area (Å²) in [6, 6.07) is 2.54. The summed E-state index contributed by atoms with van der Waals surface area (Å²) >= 11 is 1.37. The van der Waals surface area contributed by atoms with Gasteiger partial charge in [0.05, 0.1) is 37.6 Å². The Labute approximate surface area is 319 Å². The number of hydrogen-bond donors (Lipinski definition) is 4. The number of benzene rings is 3. The van der Waals surface area contributed by atoms with Gasteiger partial charge in [-0.3, -0.25) is 19.9 Å². The maximum absolute atomic E-state index is 14.7. The fourth-order valence-corrected chi connectivity index (χ4v) is 11.6. The molecule has 2 fully saturated rings. The molecule has 0 amide bonds. The number of carbonyl (C=O) groups is 2. The second-order valence-corrected chi connectivity index (χ2v) is 15.9. The Morgan fingerprint density at radius 1 is 1.06 bits per heavy atom. The third kappa shape index (κ3) is 4.74. The van der Waals surface area contributed by atoms with E-state index < -0.39 is 59.9 Å². The molecule has 1 spiro atoms. The van der Waals surface area contributed by atoms with Crippen LogP contribution < -0.4 is 29.0 Å². The van der Waals surface area contributed by atoms with Crippen LogP contribution in [0.1, 0.15) is 71.5 Å². The number of aliphatic hydroxyl groups is 1. The molecule has 7 aliphatic heterocycles. The fourth-order valence-electron chi connectivity index (χ4n) is 9.86. The Morgan fingerprint density at radius 3 is 2.57 bits per heavy atom. The van der Waals surface area contributed by atoms with Gasteiger partial charge in [0.1, 0.15) is 21.3 Å². The van der Waals surface area contributed by atoms with Crippen LogP contribution in [0.2, 0.25) is 0 Å². The summed E-state index contributed by atoms with van der Waals surface area (Å²) in [5, 5.41) is 38.1. The number of phenols is 2. The number of phenolic OH excluding ortho intramolecular Hbond substituents is 2. The number of rotatable bonds is 3. The molecule has 0 radical (unpaired) electrons. The van der Waals surface area contributed by atoms with Crippen LogP contribution >= 0.6 is 11.8 Å². The van der Waals surface area contributed by atoms with E-state index in [1.54, 1.807) is 19.1 Å². The lowest BCUT2D eigenvalue weighted by molar-refractivity contribution is -0.186. The van der Waals surface area contributed by atoms with Crippen molar-refractivity contribution < 1.29 is 56.1 Å². The van der Waals surface area contributed by atoms with Crippen molar-refractivity contribution >= 4 is 23.7 Å². The van der Waals surface area contributed by atoms with Gasteiger partial charge in [-0.2, -0.15) is 0 Å². The van der Waals surface area contributed by atoms with Gasteiger partial charge in [0, 0.05) is 47.5 Å². The number of thioether (sulfide) groups is 1. The lowest BCUT2D eigenvalue weighted by Crippen LogP contribution is -2.70. The SMILES string of the molecule is [2H]C1([2H])Oc2c(C)c(OC(C)=O)c3c(c2O1)[C@@H]1COC(=O)[C@@]2(CS[C@@H]3[C@H]3[C@H]4c5c(cc(C)c(OC)c5O)C[C@@H]([C@H](O)N31)N4C)NCCc1cc(O)c(OC)cc12. The standard InChI is InChI=1S/C39H43N3O11S/c1-16-9-20-10-22-37(46)42-23-13-50-38(47)39(21-12-25(48-5)24(44)11-19(21)7-8-40-39)14-54-36(30(42)29(41(22)4)26(20)31(45)32(16)49-6)28-27(23)35-34(51-15-52-35)17(2)33(28)53-18(3)43/h9,11-12,22-23,29-30,36-37,40,44-46H,7-8,10,13-15H2,1-6H3/t22-,23-,29+,30+,36-,37-,39-/m0/s1/i15D2. The maximum atomic E-state index is 14.7. The van der Waals surface area contributed by atoms with E-state index >= 15 is 0 Å². The second-order valence-electron chi connectivity index (χ2n) is 14.8. The Morgan fingerprint density at radius 2 is 1.83 bits per heavy atom. The van der Waals surface area contributed by atoms with Crippen molar-refractivity contribution in [3.63, 3.8) is 0 Å². The highest BCUT2D eigenvalue weighted by Gasteiger charge is 2.61. The molecule has 3 aromatic carbocycles. The molecule has 0 unspecified atom stereocenters. The Kier molecular flexibility index (Phi) is 7.67. The number of hydrogen-bond acceptors (Lipinski definition) is 15. The molecule has 54 heavy (non-hydrogen) atoms. The van der Waals surface area contributed by atoms with Crippen molar-refractivity contribution in [2.24, 2.45) is 0 Å². The van der Waals surface area contributed by atoms with Crippen LogP contribution in [0.4, 0.5) is 0 Å². The minimum Gasteiger partial charge on any atom is -0.504 e. The third-order valence-electron chi connectivity index (χ3n) is 12.1. The topological polar surface area (TPSA) is 169 Å². The quantitative estimate of drug-likeness (QED) is 0.226. The van der Waals surface area contributed by atoms with E-state index in [0.717, 1.165) is 16.7 Å². The zero-order valence-electron chi connectivity index (χ0n) is 32.6. The van der Waals surface area contributed by atoms with Crippen molar-refractivity contribution in [1.29, 1.82) is 0 Å². The molecule has 0 saturated carbocycles. The number of fused-ring (bicyclic) bond motifs is 9. The van der Waals surface area contributed by atoms with Gasteiger partial charge in [-0.15, -0.1) is 11.8 Å². The molecular formula is C39H43N3O11S. The van der Waals surface area contributed by atoms with E-state index in [9.17, 15) is 24.9 Å². The molecule has 15 heteroatoms. The molecule has 4 N–H and O–H groups in total. The molecule has 2 saturated heterocycles. The van der Waals surface area contributed by atoms with Crippen LogP contribution in [0, 0.1) is 13.8 Å². The minimum absolute atomic E-state index is 0.0136. The van der Waals surface area contributed by atoms with Crippen LogP contribution in [-0.2, 0) is 32.7 Å². The number of piperazine rings is 1. The van der Waals surface area contributed by atoms with Crippen LogP contribution in [0.5, 0.6) is 40.2 Å². The molecule has 7 aliphatic rings. The monoisotopic (exact) mass is 763 g/mol. The summed E-state index contributed by atoms with van der Waals surface area (Å²) in [5.41, 5.74) is 3.36. The summed E-state index contributed by atoms with van der Waals surface area (Å²) in [5.74, 6) is -0.431. The van der Waals surface area contributed by atoms with E-state index in [-0.39, 0.29) is 46.9 Å². The lowest BCUT2D eigenvalue weighted by atomic mass is 9.73. The van der Waals surface area contributed by atoms with E-state index in [0.29, 0.717) is 53.0 Å². The van der Waals surface area contributed by atoms with E-state index in [1.807, 2.05) is 24.9 Å². The van der Waals surface area contributed by atoms with Gasteiger partial charge in [0.25, 0.3) is 0 Å². The molecule has 10 rings (SSSR count). The first-order valence-corrected chi connectivity index (χ1v) is 18.9. The fraction of sp³-hybridized carbons (Fsp3) is 0.487. The smallest absolute Gasteiger partial charge is 0.331 e. The number of methoxy groups -OCH3 is 2. The van der Waals surface area contributed by atoms with Crippen molar-refractivity contribution in [2.75, 3.05) is 46.9 Å². The average molecular weight is 764 g/mol. The number of aliphatic hydroxyl groups excluding tert-OH is 1. The zero-order valence-corrected chi connectivity index (χ0v) is 31.5. The van der Waals surface area contributed by atoms with Gasteiger partial charge in [0.15, 0.2) is 40.0 Å². The molecule has 14 nitrogen and oxygen atoms in total. The highest BCUT2D eigenvalue weighted by Crippen LogP contribution is 2.64. The van der Waals surface area contributed by atoms with E-state index in [1.165, 1.54) is 32.9 Å². The highest BCUT2D eigenvalue weighted by atomic mass is 32.2. The lowest BCUT2D eigenvalue weighted by Gasteiger charge is -2.62. The first-order valence-electron chi connectivity index (χ1n) is 18.9. The Balaban J connectivity index is 1.33. The number of likely N-dealkylation sites (N-methyl/N-ethyl adjacent to an activating group) is 1. The summed E-state index contributed by atoms with van der Waals surface area (Å²) in [6.07, 6.45) is -0.244. The molecule has 3 aromatic rings. The molecular weight excluding hydrogens is 719 g/mol. The highest BCUT2D eigenvalue weighted by molar-refractivity contribution is 7.99. The second kappa shape index (κ2) is 12.6.